The molecule has 1 aliphatic heterocycles. The molecule has 148 valence electrons. The van der Waals surface area contributed by atoms with Crippen molar-refractivity contribution in [1.82, 2.24) is 25.1 Å². The molecule has 3 rings (SSSR count). The van der Waals surface area contributed by atoms with Crippen LogP contribution in [0, 0.1) is 0 Å². The van der Waals surface area contributed by atoms with Crippen LogP contribution in [-0.2, 0) is 0 Å². The molecule has 0 aromatic carbocycles. The van der Waals surface area contributed by atoms with Crippen LogP contribution in [0.3, 0.4) is 0 Å². The smallest absolute Gasteiger partial charge is 0.263 e. The molecular weight excluding hydrogens is 367 g/mol. The van der Waals surface area contributed by atoms with Gasteiger partial charge in [0, 0.05) is 13.1 Å². The predicted molar refractivity (Wildman–Crippen MR) is 103 cm³/mol. The summed E-state index contributed by atoms with van der Waals surface area (Å²) in [6.45, 7) is 3.21. The van der Waals surface area contributed by atoms with E-state index in [1.165, 1.54) is 25.5 Å². The van der Waals surface area contributed by atoms with Crippen LogP contribution in [-0.4, -0.2) is 63.4 Å². The van der Waals surface area contributed by atoms with Crippen LogP contribution in [0.2, 0.25) is 0 Å². The van der Waals surface area contributed by atoms with E-state index >= 15 is 0 Å². The summed E-state index contributed by atoms with van der Waals surface area (Å²) in [4.78, 5) is 26.8. The van der Waals surface area contributed by atoms with Crippen molar-refractivity contribution in [3.05, 3.63) is 30.0 Å². The van der Waals surface area contributed by atoms with Gasteiger partial charge in [0.05, 0.1) is 12.4 Å². The number of ether oxygens (including phenoxy) is 1. The number of hydrogen-bond donors (Lipinski definition) is 3. The average molecular weight is 388 g/mol. The lowest BCUT2D eigenvalue weighted by molar-refractivity contribution is 0.102. The highest BCUT2D eigenvalue weighted by molar-refractivity contribution is 6.11. The van der Waals surface area contributed by atoms with Gasteiger partial charge >= 0.3 is 0 Å². The molecule has 10 nitrogen and oxygen atoms in total. The molecule has 1 atom stereocenters. The van der Waals surface area contributed by atoms with Crippen molar-refractivity contribution in [2.45, 2.75) is 19.4 Å². The number of nitrogens with two attached hydrogens (primary N) is 1. The van der Waals surface area contributed by atoms with Crippen LogP contribution in [0.25, 0.3) is 0 Å². The first-order chi connectivity index (χ1) is 13.5. The van der Waals surface area contributed by atoms with E-state index < -0.39 is 11.7 Å². The summed E-state index contributed by atoms with van der Waals surface area (Å²) in [6, 6.07) is 0. The first-order valence-corrected chi connectivity index (χ1v) is 8.64. The zero-order valence-electron chi connectivity index (χ0n) is 15.5. The maximum Gasteiger partial charge on any atom is 0.263 e. The Morgan fingerprint density at radius 2 is 2.39 bits per heavy atom. The summed E-state index contributed by atoms with van der Waals surface area (Å²) in [5.74, 6) is -0.933. The third kappa shape index (κ3) is 4.49. The number of halogens is 1. The Morgan fingerprint density at radius 1 is 1.57 bits per heavy atom. The number of aromatic nitrogens is 4. The van der Waals surface area contributed by atoms with Gasteiger partial charge in [-0.25, -0.2) is 14.4 Å². The van der Waals surface area contributed by atoms with Crippen LogP contribution in [0.5, 0.6) is 5.88 Å². The number of hydrogen-bond acceptors (Lipinski definition) is 8. The Balaban J connectivity index is 1.79. The van der Waals surface area contributed by atoms with E-state index in [0.29, 0.717) is 0 Å². The van der Waals surface area contributed by atoms with Crippen LogP contribution >= 0.6 is 0 Å². The molecule has 0 spiro atoms. The van der Waals surface area contributed by atoms with Crippen molar-refractivity contribution in [2.24, 2.45) is 4.99 Å². The van der Waals surface area contributed by atoms with Gasteiger partial charge in [-0.05, 0) is 20.4 Å². The topological polar surface area (TPSA) is 134 Å². The minimum absolute atomic E-state index is 0.0180. The fourth-order valence-corrected chi connectivity index (χ4v) is 2.70. The second-order valence-electron chi connectivity index (χ2n) is 6.25. The lowest BCUT2D eigenvalue weighted by Crippen LogP contribution is -2.23. The number of nitrogens with zero attached hydrogens (tertiary/aromatic N) is 5. The summed E-state index contributed by atoms with van der Waals surface area (Å²) < 4.78 is 19.2. The van der Waals surface area contributed by atoms with E-state index in [1.54, 1.807) is 0 Å². The van der Waals surface area contributed by atoms with Crippen molar-refractivity contribution in [2.75, 3.05) is 31.2 Å². The molecule has 1 fully saturated rings. The number of anilines is 2. The van der Waals surface area contributed by atoms with Crippen molar-refractivity contribution < 1.29 is 13.9 Å². The van der Waals surface area contributed by atoms with E-state index in [4.69, 9.17) is 10.5 Å². The lowest BCUT2D eigenvalue weighted by atomic mass is 10.2. The number of nitrogens with one attached hydrogen (secondary N) is 2. The zero-order chi connectivity index (χ0) is 20.1. The maximum absolute atomic E-state index is 13.3. The van der Waals surface area contributed by atoms with Gasteiger partial charge in [-0.2, -0.15) is 10.1 Å². The molecule has 1 aliphatic rings. The first kappa shape index (κ1) is 19.4. The molecular formula is C17H21FN8O2. The number of likely N-dealkylation sites (tertiary alicyclic amines) is 1. The van der Waals surface area contributed by atoms with Crippen molar-refractivity contribution in [3.8, 4) is 5.88 Å². The molecule has 0 unspecified atom stereocenters. The summed E-state index contributed by atoms with van der Waals surface area (Å²) >= 11 is 0. The SMILES string of the molecule is C/C=C(F)\C=N/c1[nH]nc(N)c1C(=O)Nc1cncnc1O[C@@H]1CCN(C)C1. The Labute approximate surface area is 160 Å². The first-order valence-electron chi connectivity index (χ1n) is 8.64. The van der Waals surface area contributed by atoms with Gasteiger partial charge in [0.15, 0.2) is 11.6 Å². The summed E-state index contributed by atoms with van der Waals surface area (Å²) in [7, 11) is 2.01. The molecule has 4 N–H and O–H groups in total. The molecule has 0 radical (unpaired) electrons. The Morgan fingerprint density at radius 3 is 3.11 bits per heavy atom. The third-order valence-electron chi connectivity index (χ3n) is 4.15. The van der Waals surface area contributed by atoms with Crippen LogP contribution < -0.4 is 15.8 Å². The number of rotatable bonds is 6. The van der Waals surface area contributed by atoms with Gasteiger partial charge in [-0.3, -0.25) is 9.89 Å². The van der Waals surface area contributed by atoms with Crippen molar-refractivity contribution >= 4 is 29.4 Å². The van der Waals surface area contributed by atoms with E-state index in [9.17, 15) is 9.18 Å². The number of allylic oxidation sites excluding steroid dienone is 2. The minimum Gasteiger partial charge on any atom is -0.471 e. The normalized spacial score (nSPS) is 18.0. The fourth-order valence-electron chi connectivity index (χ4n) is 2.70. The second-order valence-corrected chi connectivity index (χ2v) is 6.25. The van der Waals surface area contributed by atoms with Gasteiger partial charge in [0.2, 0.25) is 5.88 Å². The molecule has 2 aromatic heterocycles. The predicted octanol–water partition coefficient (Wildman–Crippen LogP) is 1.69. The molecule has 0 aliphatic carbocycles. The molecule has 0 saturated carbocycles. The molecule has 1 saturated heterocycles. The molecule has 2 aromatic rings. The third-order valence-corrected chi connectivity index (χ3v) is 4.15. The van der Waals surface area contributed by atoms with Gasteiger partial charge in [-0.1, -0.05) is 6.08 Å². The molecule has 0 bridgehead atoms. The molecule has 1 amide bonds. The lowest BCUT2D eigenvalue weighted by Gasteiger charge is -2.15. The van der Waals surface area contributed by atoms with Gasteiger partial charge in [0.1, 0.15) is 29.5 Å². The van der Waals surface area contributed by atoms with E-state index in [-0.39, 0.29) is 34.9 Å². The Bertz CT molecular complexity index is 910. The highest BCUT2D eigenvalue weighted by Gasteiger charge is 2.24. The van der Waals surface area contributed by atoms with Gasteiger partial charge in [0.25, 0.3) is 5.91 Å². The van der Waals surface area contributed by atoms with E-state index in [0.717, 1.165) is 25.7 Å². The van der Waals surface area contributed by atoms with Crippen molar-refractivity contribution in [3.63, 3.8) is 0 Å². The van der Waals surface area contributed by atoms with Crippen LogP contribution in [0.1, 0.15) is 23.7 Å². The summed E-state index contributed by atoms with van der Waals surface area (Å²) in [5.41, 5.74) is 6.04. The maximum atomic E-state index is 13.3. The number of carbonyl (C=O) groups excluding carboxylic acids is 1. The zero-order valence-corrected chi connectivity index (χ0v) is 15.5. The average Bonchev–Trinajstić information content (AvgIpc) is 3.26. The highest BCUT2D eigenvalue weighted by atomic mass is 19.1. The van der Waals surface area contributed by atoms with E-state index in [2.05, 4.69) is 35.4 Å². The number of aromatic amines is 1. The van der Waals surface area contributed by atoms with Gasteiger partial charge < -0.3 is 20.7 Å². The molecule has 3 heterocycles. The largest absolute Gasteiger partial charge is 0.471 e. The van der Waals surface area contributed by atoms with Crippen molar-refractivity contribution in [1.29, 1.82) is 0 Å². The summed E-state index contributed by atoms with van der Waals surface area (Å²) in [6.07, 6.45) is 5.79. The fraction of sp³-hybridized carbons (Fsp3) is 0.353. The van der Waals surface area contributed by atoms with Crippen LogP contribution in [0.15, 0.2) is 29.4 Å². The Kier molecular flexibility index (Phi) is 5.94. The molecule has 28 heavy (non-hydrogen) atoms. The number of likely N-dealkylation sites (N-methyl/N-ethyl adjacent to an activating group) is 1. The quantitative estimate of drug-likeness (QED) is 0.641. The number of aliphatic imine (C=N–C) groups is 1. The monoisotopic (exact) mass is 388 g/mol. The summed E-state index contributed by atoms with van der Waals surface area (Å²) in [5, 5.41) is 8.92. The number of amides is 1. The van der Waals surface area contributed by atoms with Gasteiger partial charge in [-0.15, -0.1) is 0 Å². The standard InChI is InChI=1S/C17H21FN8O2/c1-3-10(18)6-21-15-13(14(19)24-25-15)16(27)23-12-7-20-9-22-17(12)28-11-4-5-26(2)8-11/h3,6-7,9,11H,4-5,8H2,1-2H3,(H,23,27)(H3,19,24,25)/b10-3+,21-6-/t11-/m1/s1. The molecule has 11 heteroatoms. The van der Waals surface area contributed by atoms with Crippen LogP contribution in [0.4, 0.5) is 21.7 Å². The number of H-pyrrole nitrogens is 1. The minimum atomic E-state index is -0.595. The number of nitrogen functional groups attached to an aromatic ring is 1. The van der Waals surface area contributed by atoms with E-state index in [1.807, 2.05) is 7.05 Å². The number of carbonyl (C=O) groups is 1. The highest BCUT2D eigenvalue weighted by Crippen LogP contribution is 2.27. The Hall–Kier alpha value is -3.34. The second kappa shape index (κ2) is 8.57.